The number of halogens is 1. The summed E-state index contributed by atoms with van der Waals surface area (Å²) in [5.74, 6) is 0.951. The topological polar surface area (TPSA) is 25.2 Å². The van der Waals surface area contributed by atoms with E-state index in [1.54, 1.807) is 6.26 Å². The molecule has 0 radical (unpaired) electrons. The molecule has 1 aromatic carbocycles. The summed E-state index contributed by atoms with van der Waals surface area (Å²) >= 11 is 3.48. The molecule has 18 heavy (non-hydrogen) atoms. The SMILES string of the molecule is CCCC(NCc1occc1Br)c1ccccc1. The Hall–Kier alpha value is -1.06. The van der Waals surface area contributed by atoms with Crippen molar-refractivity contribution in [3.8, 4) is 0 Å². The molecule has 0 aliphatic rings. The third kappa shape index (κ3) is 3.47. The fourth-order valence-corrected chi connectivity index (χ4v) is 2.37. The third-order valence-electron chi connectivity index (χ3n) is 2.98. The maximum atomic E-state index is 5.42. The molecule has 96 valence electrons. The monoisotopic (exact) mass is 307 g/mol. The van der Waals surface area contributed by atoms with Crippen LogP contribution in [0.5, 0.6) is 0 Å². The Balaban J connectivity index is 2.01. The molecule has 0 saturated heterocycles. The Labute approximate surface area is 117 Å². The minimum absolute atomic E-state index is 0.383. The van der Waals surface area contributed by atoms with Gasteiger partial charge in [-0.2, -0.15) is 0 Å². The predicted octanol–water partition coefficient (Wildman–Crippen LogP) is 4.67. The van der Waals surface area contributed by atoms with Crippen molar-refractivity contribution in [3.05, 3.63) is 58.5 Å². The molecule has 0 bridgehead atoms. The van der Waals surface area contributed by atoms with Crippen LogP contribution in [-0.4, -0.2) is 0 Å². The number of rotatable bonds is 6. The van der Waals surface area contributed by atoms with Crippen molar-refractivity contribution in [2.75, 3.05) is 0 Å². The Morgan fingerprint density at radius 2 is 2.00 bits per heavy atom. The smallest absolute Gasteiger partial charge is 0.131 e. The molecule has 1 unspecified atom stereocenters. The maximum absolute atomic E-state index is 5.42. The number of hydrogen-bond acceptors (Lipinski definition) is 2. The van der Waals surface area contributed by atoms with Crippen LogP contribution in [-0.2, 0) is 6.54 Å². The van der Waals surface area contributed by atoms with E-state index >= 15 is 0 Å². The van der Waals surface area contributed by atoms with Gasteiger partial charge in [0.05, 0.1) is 17.3 Å². The third-order valence-corrected chi connectivity index (χ3v) is 3.69. The van der Waals surface area contributed by atoms with E-state index < -0.39 is 0 Å². The summed E-state index contributed by atoms with van der Waals surface area (Å²) in [4.78, 5) is 0. The summed E-state index contributed by atoms with van der Waals surface area (Å²) in [6, 6.07) is 12.9. The fourth-order valence-electron chi connectivity index (χ4n) is 2.03. The number of benzene rings is 1. The minimum atomic E-state index is 0.383. The van der Waals surface area contributed by atoms with Crippen molar-refractivity contribution in [1.82, 2.24) is 5.32 Å². The molecule has 1 N–H and O–H groups in total. The van der Waals surface area contributed by atoms with E-state index in [9.17, 15) is 0 Å². The van der Waals surface area contributed by atoms with Crippen molar-refractivity contribution < 1.29 is 4.42 Å². The highest BCUT2D eigenvalue weighted by atomic mass is 79.9. The average Bonchev–Trinajstić information content (AvgIpc) is 2.81. The van der Waals surface area contributed by atoms with E-state index in [0.29, 0.717) is 6.04 Å². The average molecular weight is 308 g/mol. The Bertz CT molecular complexity index is 466. The largest absolute Gasteiger partial charge is 0.467 e. The minimum Gasteiger partial charge on any atom is -0.467 e. The summed E-state index contributed by atoms with van der Waals surface area (Å²) in [7, 11) is 0. The lowest BCUT2D eigenvalue weighted by atomic mass is 10.0. The molecule has 1 atom stereocenters. The molecule has 2 rings (SSSR count). The number of furan rings is 1. The molecular formula is C15H18BrNO. The molecule has 0 fully saturated rings. The first-order valence-electron chi connectivity index (χ1n) is 6.31. The van der Waals surface area contributed by atoms with Crippen LogP contribution in [0, 0.1) is 0 Å². The first kappa shape index (κ1) is 13.4. The van der Waals surface area contributed by atoms with E-state index in [0.717, 1.165) is 29.6 Å². The van der Waals surface area contributed by atoms with Crippen LogP contribution in [0.15, 0.2) is 51.6 Å². The van der Waals surface area contributed by atoms with Crippen LogP contribution in [0.3, 0.4) is 0 Å². The van der Waals surface area contributed by atoms with Gasteiger partial charge in [0.25, 0.3) is 0 Å². The lowest BCUT2D eigenvalue weighted by Crippen LogP contribution is -2.20. The van der Waals surface area contributed by atoms with Crippen molar-refractivity contribution in [2.24, 2.45) is 0 Å². The molecule has 2 aromatic rings. The normalized spacial score (nSPS) is 12.6. The van der Waals surface area contributed by atoms with Gasteiger partial charge in [0.15, 0.2) is 0 Å². The molecule has 0 aliphatic heterocycles. The van der Waals surface area contributed by atoms with E-state index in [2.05, 4.69) is 58.5 Å². The predicted molar refractivity (Wildman–Crippen MR) is 77.3 cm³/mol. The molecule has 2 nitrogen and oxygen atoms in total. The van der Waals surface area contributed by atoms with Crippen LogP contribution in [0.2, 0.25) is 0 Å². The zero-order chi connectivity index (χ0) is 12.8. The molecule has 0 aliphatic carbocycles. The van der Waals surface area contributed by atoms with Gasteiger partial charge in [-0.25, -0.2) is 0 Å². The van der Waals surface area contributed by atoms with E-state index in [1.807, 2.05) is 6.07 Å². The summed E-state index contributed by atoms with van der Waals surface area (Å²) in [6.45, 7) is 2.95. The zero-order valence-corrected chi connectivity index (χ0v) is 12.1. The van der Waals surface area contributed by atoms with Crippen LogP contribution in [0.4, 0.5) is 0 Å². The second-order valence-corrected chi connectivity index (χ2v) is 5.18. The van der Waals surface area contributed by atoms with Crippen LogP contribution >= 0.6 is 15.9 Å². The number of nitrogens with one attached hydrogen (secondary N) is 1. The first-order valence-corrected chi connectivity index (χ1v) is 7.10. The van der Waals surface area contributed by atoms with Gasteiger partial charge >= 0.3 is 0 Å². The molecule has 0 spiro atoms. The van der Waals surface area contributed by atoms with Gasteiger partial charge in [0.1, 0.15) is 5.76 Å². The fraction of sp³-hybridized carbons (Fsp3) is 0.333. The van der Waals surface area contributed by atoms with Crippen molar-refractivity contribution >= 4 is 15.9 Å². The lowest BCUT2D eigenvalue weighted by molar-refractivity contribution is 0.432. The van der Waals surface area contributed by atoms with Gasteiger partial charge in [-0.05, 0) is 34.0 Å². The van der Waals surface area contributed by atoms with Crippen molar-refractivity contribution in [2.45, 2.75) is 32.4 Å². The Morgan fingerprint density at radius 1 is 1.22 bits per heavy atom. The van der Waals surface area contributed by atoms with Gasteiger partial charge in [0, 0.05) is 6.04 Å². The van der Waals surface area contributed by atoms with E-state index in [-0.39, 0.29) is 0 Å². The van der Waals surface area contributed by atoms with Crippen LogP contribution in [0.1, 0.15) is 37.1 Å². The second-order valence-electron chi connectivity index (χ2n) is 4.32. The maximum Gasteiger partial charge on any atom is 0.131 e. The van der Waals surface area contributed by atoms with E-state index in [1.165, 1.54) is 5.56 Å². The van der Waals surface area contributed by atoms with Gasteiger partial charge < -0.3 is 9.73 Å². The molecule has 1 aromatic heterocycles. The van der Waals surface area contributed by atoms with Gasteiger partial charge in [-0.15, -0.1) is 0 Å². The van der Waals surface area contributed by atoms with Crippen molar-refractivity contribution in [1.29, 1.82) is 0 Å². The summed E-state index contributed by atoms with van der Waals surface area (Å²) in [5.41, 5.74) is 1.34. The zero-order valence-electron chi connectivity index (χ0n) is 10.5. The van der Waals surface area contributed by atoms with E-state index in [4.69, 9.17) is 4.42 Å². The second kappa shape index (κ2) is 6.76. The van der Waals surface area contributed by atoms with Crippen molar-refractivity contribution in [3.63, 3.8) is 0 Å². The van der Waals surface area contributed by atoms with Crippen LogP contribution in [0.25, 0.3) is 0 Å². The molecule has 3 heteroatoms. The molecular weight excluding hydrogens is 290 g/mol. The van der Waals surface area contributed by atoms with Gasteiger partial charge in [-0.3, -0.25) is 0 Å². The highest BCUT2D eigenvalue weighted by molar-refractivity contribution is 9.10. The first-order chi connectivity index (χ1) is 8.81. The van der Waals surface area contributed by atoms with Crippen LogP contribution < -0.4 is 5.32 Å². The molecule has 0 amide bonds. The summed E-state index contributed by atoms with van der Waals surface area (Å²) in [6.07, 6.45) is 3.99. The Morgan fingerprint density at radius 3 is 2.61 bits per heavy atom. The summed E-state index contributed by atoms with van der Waals surface area (Å²) in [5, 5.41) is 3.56. The highest BCUT2D eigenvalue weighted by Gasteiger charge is 2.11. The number of hydrogen-bond donors (Lipinski definition) is 1. The Kier molecular flexibility index (Phi) is 5.02. The van der Waals surface area contributed by atoms with Gasteiger partial charge in [0.2, 0.25) is 0 Å². The highest BCUT2D eigenvalue weighted by Crippen LogP contribution is 2.21. The molecule has 0 saturated carbocycles. The lowest BCUT2D eigenvalue weighted by Gasteiger charge is -2.18. The standard InChI is InChI=1S/C15H18BrNO/c1-2-6-14(12-7-4-3-5-8-12)17-11-15-13(16)9-10-18-15/h3-5,7-10,14,17H,2,6,11H2,1H3. The quantitative estimate of drug-likeness (QED) is 0.838. The van der Waals surface area contributed by atoms with Gasteiger partial charge in [-0.1, -0.05) is 43.7 Å². The summed E-state index contributed by atoms with van der Waals surface area (Å²) < 4.78 is 6.45. The molecule has 1 heterocycles.